The second kappa shape index (κ2) is 8.19. The van der Waals surface area contributed by atoms with Gasteiger partial charge in [0.05, 0.1) is 16.1 Å². The van der Waals surface area contributed by atoms with E-state index in [4.69, 9.17) is 4.74 Å². The molecule has 156 valence electrons. The largest absolute Gasteiger partial charge is 0.481 e. The molecule has 2 aromatic heterocycles. The van der Waals surface area contributed by atoms with E-state index in [1.807, 2.05) is 53.4 Å². The van der Waals surface area contributed by atoms with Crippen LogP contribution in [0.25, 0.3) is 10.2 Å². The average Bonchev–Trinajstić information content (AvgIpc) is 3.42. The number of thiazole rings is 1. The summed E-state index contributed by atoms with van der Waals surface area (Å²) in [5.74, 6) is 0.349. The second-order valence-electron chi connectivity index (χ2n) is 7.19. The molecule has 0 radical (unpaired) electrons. The van der Waals surface area contributed by atoms with E-state index in [1.54, 1.807) is 23.7 Å². The van der Waals surface area contributed by atoms with Gasteiger partial charge in [-0.1, -0.05) is 23.5 Å². The van der Waals surface area contributed by atoms with Gasteiger partial charge in [0.1, 0.15) is 5.75 Å². The van der Waals surface area contributed by atoms with Crippen LogP contribution in [0.15, 0.2) is 60.9 Å². The van der Waals surface area contributed by atoms with E-state index in [-0.39, 0.29) is 0 Å². The third kappa shape index (κ3) is 4.13. The number of hydrogen-bond acceptors (Lipinski definition) is 8. The smallest absolute Gasteiger partial charge is 0.308 e. The SMILES string of the molecule is O=C(O)C1CCN(c2nccnc2Oc2ccc(Nc3nc4ccccc4s3)cc2)C1. The Morgan fingerprint density at radius 2 is 1.94 bits per heavy atom. The van der Waals surface area contributed by atoms with Crippen LogP contribution in [0.3, 0.4) is 0 Å². The maximum absolute atomic E-state index is 11.3. The van der Waals surface area contributed by atoms with Crippen molar-refractivity contribution in [2.75, 3.05) is 23.3 Å². The predicted molar refractivity (Wildman–Crippen MR) is 119 cm³/mol. The number of carboxylic acid groups (broad SMARTS) is 1. The molecule has 0 saturated carbocycles. The van der Waals surface area contributed by atoms with Crippen molar-refractivity contribution in [3.8, 4) is 11.6 Å². The zero-order chi connectivity index (χ0) is 21.2. The van der Waals surface area contributed by atoms with E-state index in [1.165, 1.54) is 0 Å². The zero-order valence-corrected chi connectivity index (χ0v) is 17.2. The zero-order valence-electron chi connectivity index (χ0n) is 16.4. The highest BCUT2D eigenvalue weighted by Crippen LogP contribution is 2.33. The van der Waals surface area contributed by atoms with Crippen LogP contribution in [0, 0.1) is 5.92 Å². The molecule has 1 aliphatic heterocycles. The summed E-state index contributed by atoms with van der Waals surface area (Å²) in [4.78, 5) is 26.4. The van der Waals surface area contributed by atoms with Gasteiger partial charge in [-0.3, -0.25) is 4.79 Å². The standard InChI is InChI=1S/C22H19N5O3S/c28-21(29)14-9-12-27(13-14)19-20(24-11-10-23-19)30-16-7-5-15(6-8-16)25-22-26-17-3-1-2-4-18(17)31-22/h1-8,10-11,14H,9,12-13H2,(H,25,26)(H,28,29). The van der Waals surface area contributed by atoms with Gasteiger partial charge in [0.2, 0.25) is 0 Å². The summed E-state index contributed by atoms with van der Waals surface area (Å²) in [6, 6.07) is 15.5. The summed E-state index contributed by atoms with van der Waals surface area (Å²) < 4.78 is 7.10. The number of hydrogen-bond donors (Lipinski definition) is 2. The molecule has 8 nitrogen and oxygen atoms in total. The number of anilines is 3. The number of carboxylic acids is 1. The van der Waals surface area contributed by atoms with E-state index in [2.05, 4.69) is 20.3 Å². The first-order valence-electron chi connectivity index (χ1n) is 9.85. The topological polar surface area (TPSA) is 100 Å². The summed E-state index contributed by atoms with van der Waals surface area (Å²) in [5, 5.41) is 13.4. The molecule has 0 spiro atoms. The average molecular weight is 433 g/mol. The summed E-state index contributed by atoms with van der Waals surface area (Å²) in [5.41, 5.74) is 1.87. The molecule has 0 amide bonds. The summed E-state index contributed by atoms with van der Waals surface area (Å²) in [7, 11) is 0. The van der Waals surface area contributed by atoms with Gasteiger partial charge in [0.25, 0.3) is 5.88 Å². The third-order valence-corrected chi connectivity index (χ3v) is 6.05. The summed E-state index contributed by atoms with van der Waals surface area (Å²) in [6.45, 7) is 1.01. The second-order valence-corrected chi connectivity index (χ2v) is 8.22. The fraction of sp³-hybridized carbons (Fsp3) is 0.182. The first kappa shape index (κ1) is 19.3. The quantitative estimate of drug-likeness (QED) is 0.457. The monoisotopic (exact) mass is 433 g/mol. The van der Waals surface area contributed by atoms with Gasteiger partial charge in [0.15, 0.2) is 10.9 Å². The van der Waals surface area contributed by atoms with Crippen LogP contribution in [-0.4, -0.2) is 39.1 Å². The number of para-hydroxylation sites is 1. The predicted octanol–water partition coefficient (Wildman–Crippen LogP) is 4.53. The summed E-state index contributed by atoms with van der Waals surface area (Å²) in [6.07, 6.45) is 3.73. The fourth-order valence-corrected chi connectivity index (χ4v) is 4.41. The molecule has 0 aliphatic carbocycles. The maximum atomic E-state index is 11.3. The van der Waals surface area contributed by atoms with Crippen molar-refractivity contribution in [1.29, 1.82) is 0 Å². The Kier molecular flexibility index (Phi) is 5.09. The Balaban J connectivity index is 1.29. The minimum atomic E-state index is -0.787. The minimum Gasteiger partial charge on any atom is -0.481 e. The molecule has 4 aromatic rings. The molecule has 2 N–H and O–H groups in total. The highest BCUT2D eigenvalue weighted by molar-refractivity contribution is 7.22. The molecule has 1 unspecified atom stereocenters. The normalized spacial score (nSPS) is 15.9. The van der Waals surface area contributed by atoms with Gasteiger partial charge in [-0.05, 0) is 42.8 Å². The van der Waals surface area contributed by atoms with E-state index >= 15 is 0 Å². The van der Waals surface area contributed by atoms with Crippen molar-refractivity contribution in [2.24, 2.45) is 5.92 Å². The third-order valence-electron chi connectivity index (χ3n) is 5.10. The number of aromatic nitrogens is 3. The van der Waals surface area contributed by atoms with Gasteiger partial charge >= 0.3 is 5.97 Å². The lowest BCUT2D eigenvalue weighted by atomic mass is 10.1. The number of nitrogens with zero attached hydrogens (tertiary/aromatic N) is 4. The number of nitrogens with one attached hydrogen (secondary N) is 1. The van der Waals surface area contributed by atoms with Gasteiger partial charge in [-0.15, -0.1) is 0 Å². The highest BCUT2D eigenvalue weighted by Gasteiger charge is 2.30. The van der Waals surface area contributed by atoms with Crippen molar-refractivity contribution in [1.82, 2.24) is 15.0 Å². The van der Waals surface area contributed by atoms with Gasteiger partial charge in [-0.2, -0.15) is 0 Å². The Morgan fingerprint density at radius 3 is 2.71 bits per heavy atom. The molecule has 2 aromatic carbocycles. The molecule has 31 heavy (non-hydrogen) atoms. The van der Waals surface area contributed by atoms with Crippen molar-refractivity contribution < 1.29 is 14.6 Å². The lowest BCUT2D eigenvalue weighted by Crippen LogP contribution is -2.24. The van der Waals surface area contributed by atoms with E-state index in [0.717, 1.165) is 21.0 Å². The van der Waals surface area contributed by atoms with Crippen LogP contribution < -0.4 is 15.0 Å². The Hall–Kier alpha value is -3.72. The number of carbonyl (C=O) groups is 1. The number of benzene rings is 2. The molecular formula is C22H19N5O3S. The van der Waals surface area contributed by atoms with Crippen molar-refractivity contribution in [2.45, 2.75) is 6.42 Å². The molecule has 1 atom stereocenters. The lowest BCUT2D eigenvalue weighted by molar-refractivity contribution is -0.140. The van der Waals surface area contributed by atoms with Gasteiger partial charge in [0, 0.05) is 31.2 Å². The van der Waals surface area contributed by atoms with E-state index < -0.39 is 11.9 Å². The maximum Gasteiger partial charge on any atom is 0.308 e. The van der Waals surface area contributed by atoms with Crippen LogP contribution >= 0.6 is 11.3 Å². The Bertz CT molecular complexity index is 1190. The molecule has 3 heterocycles. The number of fused-ring (bicyclic) bond motifs is 1. The molecule has 0 bridgehead atoms. The lowest BCUT2D eigenvalue weighted by Gasteiger charge is -2.19. The molecule has 1 saturated heterocycles. The van der Waals surface area contributed by atoms with Crippen LogP contribution in [0.5, 0.6) is 11.6 Å². The molecule has 9 heteroatoms. The van der Waals surface area contributed by atoms with Gasteiger partial charge in [-0.25, -0.2) is 15.0 Å². The van der Waals surface area contributed by atoms with Crippen LogP contribution in [-0.2, 0) is 4.79 Å². The van der Waals surface area contributed by atoms with Crippen molar-refractivity contribution in [3.05, 3.63) is 60.9 Å². The number of aliphatic carboxylic acids is 1. The highest BCUT2D eigenvalue weighted by atomic mass is 32.1. The Labute approximate surface area is 182 Å². The molecule has 1 aliphatic rings. The first-order chi connectivity index (χ1) is 15.2. The molecule has 5 rings (SSSR count). The number of ether oxygens (including phenoxy) is 1. The van der Waals surface area contributed by atoms with Gasteiger partial charge < -0.3 is 20.1 Å². The first-order valence-corrected chi connectivity index (χ1v) is 10.7. The van der Waals surface area contributed by atoms with Crippen molar-refractivity contribution in [3.63, 3.8) is 0 Å². The Morgan fingerprint density at radius 1 is 1.13 bits per heavy atom. The molecular weight excluding hydrogens is 414 g/mol. The molecule has 1 fully saturated rings. The van der Waals surface area contributed by atoms with Crippen LogP contribution in [0.2, 0.25) is 0 Å². The summed E-state index contributed by atoms with van der Waals surface area (Å²) >= 11 is 1.60. The fourth-order valence-electron chi connectivity index (χ4n) is 3.53. The van der Waals surface area contributed by atoms with E-state index in [0.29, 0.717) is 37.0 Å². The van der Waals surface area contributed by atoms with Crippen LogP contribution in [0.1, 0.15) is 6.42 Å². The minimum absolute atomic E-state index is 0.362. The van der Waals surface area contributed by atoms with Crippen molar-refractivity contribution >= 4 is 44.2 Å². The van der Waals surface area contributed by atoms with E-state index in [9.17, 15) is 9.90 Å². The number of rotatable bonds is 6. The van der Waals surface area contributed by atoms with Crippen LogP contribution in [0.4, 0.5) is 16.6 Å².